The predicted molar refractivity (Wildman–Crippen MR) is 105 cm³/mol. The van der Waals surface area contributed by atoms with Crippen molar-refractivity contribution in [3.63, 3.8) is 0 Å². The highest BCUT2D eigenvalue weighted by molar-refractivity contribution is 5.51. The van der Waals surface area contributed by atoms with E-state index in [1.54, 1.807) is 28.4 Å². The number of hydrogen-bond acceptors (Lipinski definition) is 6. The summed E-state index contributed by atoms with van der Waals surface area (Å²) in [6, 6.07) is 11.8. The van der Waals surface area contributed by atoms with Gasteiger partial charge in [0, 0.05) is 37.3 Å². The van der Waals surface area contributed by atoms with Crippen molar-refractivity contribution in [2.75, 3.05) is 54.6 Å². The second kappa shape index (κ2) is 8.97. The maximum Gasteiger partial charge on any atom is 0.124 e. The maximum absolute atomic E-state index is 5.70. The fourth-order valence-corrected chi connectivity index (χ4v) is 3.61. The summed E-state index contributed by atoms with van der Waals surface area (Å²) < 4.78 is 22.4. The lowest BCUT2D eigenvalue weighted by atomic mass is 9.94. The second-order valence-electron chi connectivity index (χ2n) is 6.40. The molecular weight excluding hydrogens is 344 g/mol. The van der Waals surface area contributed by atoms with Gasteiger partial charge in [-0.1, -0.05) is 0 Å². The van der Waals surface area contributed by atoms with Crippen molar-refractivity contribution in [2.24, 2.45) is 0 Å². The van der Waals surface area contributed by atoms with Crippen LogP contribution in [0, 0.1) is 0 Å². The minimum Gasteiger partial charge on any atom is -0.497 e. The van der Waals surface area contributed by atoms with Gasteiger partial charge in [0.1, 0.15) is 23.0 Å². The van der Waals surface area contributed by atoms with Gasteiger partial charge < -0.3 is 24.3 Å². The Morgan fingerprint density at radius 1 is 0.741 bits per heavy atom. The van der Waals surface area contributed by atoms with Crippen LogP contribution in [0.4, 0.5) is 0 Å². The normalized spacial score (nSPS) is 14.9. The number of nitrogens with zero attached hydrogens (tertiary/aromatic N) is 1. The zero-order chi connectivity index (χ0) is 19.2. The molecule has 0 aliphatic carbocycles. The van der Waals surface area contributed by atoms with E-state index in [2.05, 4.69) is 10.2 Å². The van der Waals surface area contributed by atoms with Crippen LogP contribution in [0.25, 0.3) is 0 Å². The molecule has 3 rings (SSSR count). The van der Waals surface area contributed by atoms with Gasteiger partial charge in [-0.3, -0.25) is 4.90 Å². The third kappa shape index (κ3) is 4.12. The molecule has 1 saturated heterocycles. The van der Waals surface area contributed by atoms with Gasteiger partial charge in [0.05, 0.1) is 34.5 Å². The van der Waals surface area contributed by atoms with Gasteiger partial charge in [0.25, 0.3) is 0 Å². The Balaban J connectivity index is 2.18. The highest BCUT2D eigenvalue weighted by Crippen LogP contribution is 2.41. The molecule has 0 aromatic heterocycles. The Bertz CT molecular complexity index is 704. The lowest BCUT2D eigenvalue weighted by molar-refractivity contribution is 0.192. The topological polar surface area (TPSA) is 52.2 Å². The molecular formula is C21H28N2O4. The van der Waals surface area contributed by atoms with E-state index in [0.717, 1.165) is 60.3 Å². The van der Waals surface area contributed by atoms with E-state index in [0.29, 0.717) is 0 Å². The molecule has 6 nitrogen and oxygen atoms in total. The van der Waals surface area contributed by atoms with E-state index in [1.165, 1.54) is 0 Å². The highest BCUT2D eigenvalue weighted by Gasteiger charge is 2.29. The minimum absolute atomic E-state index is 0.0396. The van der Waals surface area contributed by atoms with Crippen LogP contribution in [0.15, 0.2) is 36.4 Å². The van der Waals surface area contributed by atoms with Crippen molar-refractivity contribution < 1.29 is 18.9 Å². The molecule has 0 atom stereocenters. The van der Waals surface area contributed by atoms with E-state index in [-0.39, 0.29) is 6.04 Å². The Labute approximate surface area is 161 Å². The number of ether oxygens (including phenoxy) is 4. The zero-order valence-corrected chi connectivity index (χ0v) is 16.5. The number of piperazine rings is 1. The van der Waals surface area contributed by atoms with Crippen LogP contribution in [-0.2, 0) is 0 Å². The first kappa shape index (κ1) is 19.3. The molecule has 2 aromatic carbocycles. The number of hydrogen-bond donors (Lipinski definition) is 1. The molecule has 0 bridgehead atoms. The molecule has 146 valence electrons. The van der Waals surface area contributed by atoms with Crippen LogP contribution in [0.3, 0.4) is 0 Å². The average molecular weight is 372 g/mol. The van der Waals surface area contributed by atoms with Crippen molar-refractivity contribution in [1.29, 1.82) is 0 Å². The van der Waals surface area contributed by atoms with Gasteiger partial charge in [-0.15, -0.1) is 0 Å². The molecule has 1 heterocycles. The molecule has 0 radical (unpaired) electrons. The summed E-state index contributed by atoms with van der Waals surface area (Å²) in [4.78, 5) is 2.44. The summed E-state index contributed by atoms with van der Waals surface area (Å²) in [7, 11) is 6.75. The predicted octanol–water partition coefficient (Wildman–Crippen LogP) is 2.72. The first-order valence-electron chi connectivity index (χ1n) is 9.10. The van der Waals surface area contributed by atoms with Gasteiger partial charge in [0.2, 0.25) is 0 Å². The zero-order valence-electron chi connectivity index (χ0n) is 16.5. The smallest absolute Gasteiger partial charge is 0.124 e. The van der Waals surface area contributed by atoms with Gasteiger partial charge in [-0.25, -0.2) is 0 Å². The standard InChI is InChI=1S/C21H28N2O4/c1-24-15-5-7-19(26-3)17(13-15)21(23-11-9-22-10-12-23)18-14-16(25-2)6-8-20(18)27-4/h5-8,13-14,21-22H,9-12H2,1-4H3. The van der Waals surface area contributed by atoms with E-state index >= 15 is 0 Å². The molecule has 27 heavy (non-hydrogen) atoms. The fraction of sp³-hybridized carbons (Fsp3) is 0.429. The number of benzene rings is 2. The molecule has 1 aliphatic heterocycles. The molecule has 1 aliphatic rings. The lowest BCUT2D eigenvalue weighted by Gasteiger charge is -2.36. The molecule has 1 fully saturated rings. The third-order valence-electron chi connectivity index (χ3n) is 4.98. The van der Waals surface area contributed by atoms with E-state index in [1.807, 2.05) is 36.4 Å². The maximum atomic E-state index is 5.70. The summed E-state index contributed by atoms with van der Waals surface area (Å²) in [5.41, 5.74) is 2.09. The van der Waals surface area contributed by atoms with Gasteiger partial charge in [0.15, 0.2) is 0 Å². The van der Waals surface area contributed by atoms with Gasteiger partial charge in [-0.05, 0) is 36.4 Å². The van der Waals surface area contributed by atoms with Crippen LogP contribution in [0.2, 0.25) is 0 Å². The van der Waals surface area contributed by atoms with Crippen LogP contribution >= 0.6 is 0 Å². The quantitative estimate of drug-likeness (QED) is 0.807. The lowest BCUT2D eigenvalue weighted by Crippen LogP contribution is -2.45. The third-order valence-corrected chi connectivity index (χ3v) is 4.98. The SMILES string of the molecule is COc1ccc(OC)c(C(c2cc(OC)ccc2OC)N2CCNCC2)c1. The minimum atomic E-state index is -0.0396. The summed E-state index contributed by atoms with van der Waals surface area (Å²) in [6.07, 6.45) is 0. The van der Waals surface area contributed by atoms with Crippen molar-refractivity contribution in [1.82, 2.24) is 10.2 Å². The molecule has 0 spiro atoms. The first-order chi connectivity index (χ1) is 13.2. The average Bonchev–Trinajstić information content (AvgIpc) is 2.74. The first-order valence-corrected chi connectivity index (χ1v) is 9.10. The van der Waals surface area contributed by atoms with Crippen LogP contribution in [0.5, 0.6) is 23.0 Å². The Morgan fingerprint density at radius 3 is 1.63 bits per heavy atom. The van der Waals surface area contributed by atoms with E-state index in [9.17, 15) is 0 Å². The molecule has 2 aromatic rings. The molecule has 1 N–H and O–H groups in total. The van der Waals surface area contributed by atoms with Crippen molar-refractivity contribution >= 4 is 0 Å². The Kier molecular flexibility index (Phi) is 6.42. The van der Waals surface area contributed by atoms with Crippen molar-refractivity contribution in [3.05, 3.63) is 47.5 Å². The van der Waals surface area contributed by atoms with Crippen LogP contribution in [-0.4, -0.2) is 59.5 Å². The molecule has 0 unspecified atom stereocenters. The Morgan fingerprint density at radius 2 is 1.22 bits per heavy atom. The summed E-state index contributed by atoms with van der Waals surface area (Å²) in [5, 5.41) is 3.42. The number of methoxy groups -OCH3 is 4. The summed E-state index contributed by atoms with van der Waals surface area (Å²) >= 11 is 0. The number of rotatable bonds is 7. The molecule has 0 amide bonds. The van der Waals surface area contributed by atoms with E-state index < -0.39 is 0 Å². The Hall–Kier alpha value is -2.44. The second-order valence-corrected chi connectivity index (χ2v) is 6.40. The summed E-state index contributed by atoms with van der Waals surface area (Å²) in [6.45, 7) is 3.72. The summed E-state index contributed by atoms with van der Waals surface area (Å²) in [5.74, 6) is 3.24. The largest absolute Gasteiger partial charge is 0.497 e. The van der Waals surface area contributed by atoms with Crippen molar-refractivity contribution in [2.45, 2.75) is 6.04 Å². The fourth-order valence-electron chi connectivity index (χ4n) is 3.61. The molecule has 6 heteroatoms. The van der Waals surface area contributed by atoms with E-state index in [4.69, 9.17) is 18.9 Å². The monoisotopic (exact) mass is 372 g/mol. The highest BCUT2D eigenvalue weighted by atomic mass is 16.5. The molecule has 0 saturated carbocycles. The van der Waals surface area contributed by atoms with Gasteiger partial charge in [-0.2, -0.15) is 0 Å². The van der Waals surface area contributed by atoms with Crippen LogP contribution < -0.4 is 24.3 Å². The van der Waals surface area contributed by atoms with Crippen LogP contribution in [0.1, 0.15) is 17.2 Å². The number of nitrogens with one attached hydrogen (secondary N) is 1. The van der Waals surface area contributed by atoms with Gasteiger partial charge >= 0.3 is 0 Å². The van der Waals surface area contributed by atoms with Crippen molar-refractivity contribution in [3.8, 4) is 23.0 Å².